The second-order valence-corrected chi connectivity index (χ2v) is 8.03. The summed E-state index contributed by atoms with van der Waals surface area (Å²) in [6.45, 7) is 2.29. The standard InChI is InChI=1S/C22H21NO6S2/c1-3-28-18-11-14(7-8-17(18)29-10-9-20(24)25)12-19-21(26)23(22(30)31-19)15-5-4-6-16(13-15)27-2/h4-8,11-13H,3,9-10H2,1-2H3,(H,24,25)/b19-12+. The van der Waals surface area contributed by atoms with Gasteiger partial charge in [-0.15, -0.1) is 0 Å². The summed E-state index contributed by atoms with van der Waals surface area (Å²) in [6.07, 6.45) is 1.63. The Labute approximate surface area is 189 Å². The third kappa shape index (κ3) is 5.56. The smallest absolute Gasteiger partial charge is 0.306 e. The number of rotatable bonds is 9. The molecule has 1 aliphatic heterocycles. The molecule has 0 atom stereocenters. The van der Waals surface area contributed by atoms with Crippen LogP contribution in [0, 0.1) is 0 Å². The van der Waals surface area contributed by atoms with Gasteiger partial charge in [0.2, 0.25) is 0 Å². The van der Waals surface area contributed by atoms with Crippen molar-refractivity contribution in [2.45, 2.75) is 13.3 Å². The number of anilines is 1. The lowest BCUT2D eigenvalue weighted by Crippen LogP contribution is -2.27. The number of thiocarbonyl (C=S) groups is 1. The number of ether oxygens (including phenoxy) is 3. The Balaban J connectivity index is 1.83. The molecule has 0 bridgehead atoms. The molecule has 1 fully saturated rings. The zero-order valence-electron chi connectivity index (χ0n) is 17.0. The van der Waals surface area contributed by atoms with Crippen LogP contribution in [0.25, 0.3) is 6.08 Å². The summed E-state index contributed by atoms with van der Waals surface area (Å²) in [5, 5.41) is 8.77. The number of benzene rings is 2. The predicted molar refractivity (Wildman–Crippen MR) is 124 cm³/mol. The summed E-state index contributed by atoms with van der Waals surface area (Å²) in [4.78, 5) is 25.6. The molecule has 3 rings (SSSR count). The van der Waals surface area contributed by atoms with E-state index in [1.165, 1.54) is 16.7 Å². The van der Waals surface area contributed by atoms with Crippen molar-refractivity contribution in [2.75, 3.05) is 25.2 Å². The lowest BCUT2D eigenvalue weighted by Gasteiger charge is -2.15. The average molecular weight is 460 g/mol. The van der Waals surface area contributed by atoms with Crippen LogP contribution >= 0.6 is 24.0 Å². The van der Waals surface area contributed by atoms with Gasteiger partial charge in [0.25, 0.3) is 5.91 Å². The van der Waals surface area contributed by atoms with Crippen molar-refractivity contribution in [1.29, 1.82) is 0 Å². The first-order valence-electron chi connectivity index (χ1n) is 9.46. The lowest BCUT2D eigenvalue weighted by molar-refractivity contribution is -0.137. The fraction of sp³-hybridized carbons (Fsp3) is 0.227. The van der Waals surface area contributed by atoms with E-state index >= 15 is 0 Å². The van der Waals surface area contributed by atoms with E-state index in [1.807, 2.05) is 6.92 Å². The van der Waals surface area contributed by atoms with Gasteiger partial charge < -0.3 is 19.3 Å². The van der Waals surface area contributed by atoms with Crippen LogP contribution in [-0.2, 0) is 9.59 Å². The number of amides is 1. The number of hydrogen-bond acceptors (Lipinski definition) is 7. The van der Waals surface area contributed by atoms with E-state index in [1.54, 1.807) is 55.7 Å². The Kier molecular flexibility index (Phi) is 7.54. The van der Waals surface area contributed by atoms with Gasteiger partial charge in [0.05, 0.1) is 37.3 Å². The summed E-state index contributed by atoms with van der Waals surface area (Å²) < 4.78 is 16.8. The van der Waals surface area contributed by atoms with E-state index in [0.29, 0.717) is 38.8 Å². The summed E-state index contributed by atoms with van der Waals surface area (Å²) >= 11 is 6.64. The van der Waals surface area contributed by atoms with Crippen molar-refractivity contribution in [2.24, 2.45) is 0 Å². The molecular formula is C22H21NO6S2. The minimum absolute atomic E-state index is 0.0357. The van der Waals surface area contributed by atoms with Crippen LogP contribution in [0.3, 0.4) is 0 Å². The fourth-order valence-electron chi connectivity index (χ4n) is 2.84. The first-order valence-corrected chi connectivity index (χ1v) is 10.7. The minimum Gasteiger partial charge on any atom is -0.497 e. The Morgan fingerprint density at radius 2 is 2.00 bits per heavy atom. The summed E-state index contributed by atoms with van der Waals surface area (Å²) in [5.41, 5.74) is 1.38. The van der Waals surface area contributed by atoms with Gasteiger partial charge in [-0.25, -0.2) is 0 Å². The van der Waals surface area contributed by atoms with E-state index in [-0.39, 0.29) is 18.9 Å². The van der Waals surface area contributed by atoms with E-state index in [9.17, 15) is 9.59 Å². The molecule has 0 aliphatic carbocycles. The number of carbonyl (C=O) groups excluding carboxylic acids is 1. The number of carbonyl (C=O) groups is 2. The molecule has 31 heavy (non-hydrogen) atoms. The Bertz CT molecular complexity index is 1040. The van der Waals surface area contributed by atoms with Crippen LogP contribution in [0.15, 0.2) is 47.4 Å². The first kappa shape index (κ1) is 22.6. The van der Waals surface area contributed by atoms with E-state index < -0.39 is 5.97 Å². The van der Waals surface area contributed by atoms with Crippen molar-refractivity contribution in [3.63, 3.8) is 0 Å². The quantitative estimate of drug-likeness (QED) is 0.438. The van der Waals surface area contributed by atoms with E-state index in [0.717, 1.165) is 5.56 Å². The van der Waals surface area contributed by atoms with Gasteiger partial charge >= 0.3 is 5.97 Å². The molecule has 0 radical (unpaired) electrons. The molecule has 1 aliphatic rings. The van der Waals surface area contributed by atoms with Crippen LogP contribution in [0.1, 0.15) is 18.9 Å². The number of methoxy groups -OCH3 is 1. The normalized spacial score (nSPS) is 14.8. The van der Waals surface area contributed by atoms with Gasteiger partial charge in [-0.1, -0.05) is 36.1 Å². The maximum absolute atomic E-state index is 13.0. The van der Waals surface area contributed by atoms with Crippen molar-refractivity contribution < 1.29 is 28.9 Å². The molecule has 9 heteroatoms. The molecule has 1 saturated heterocycles. The van der Waals surface area contributed by atoms with Crippen LogP contribution in [0.2, 0.25) is 0 Å². The molecule has 162 valence electrons. The van der Waals surface area contributed by atoms with Crippen LogP contribution in [0.5, 0.6) is 17.2 Å². The second-order valence-electron chi connectivity index (χ2n) is 6.35. The zero-order valence-corrected chi connectivity index (χ0v) is 18.6. The van der Waals surface area contributed by atoms with Crippen molar-refractivity contribution in [3.05, 3.63) is 52.9 Å². The maximum atomic E-state index is 13.0. The van der Waals surface area contributed by atoms with Gasteiger partial charge in [-0.3, -0.25) is 14.5 Å². The number of hydrogen-bond donors (Lipinski definition) is 1. The molecule has 1 amide bonds. The predicted octanol–water partition coefficient (Wildman–Crippen LogP) is 4.35. The van der Waals surface area contributed by atoms with E-state index in [4.69, 9.17) is 31.5 Å². The molecule has 0 aromatic heterocycles. The first-order chi connectivity index (χ1) is 14.9. The monoisotopic (exact) mass is 459 g/mol. The minimum atomic E-state index is -0.937. The van der Waals surface area contributed by atoms with Crippen LogP contribution < -0.4 is 19.1 Å². The highest BCUT2D eigenvalue weighted by Gasteiger charge is 2.33. The lowest BCUT2D eigenvalue weighted by atomic mass is 10.1. The highest BCUT2D eigenvalue weighted by Crippen LogP contribution is 2.38. The number of carboxylic acid groups (broad SMARTS) is 1. The van der Waals surface area contributed by atoms with Gasteiger partial charge in [-0.2, -0.15) is 0 Å². The Hall–Kier alpha value is -3.04. The van der Waals surface area contributed by atoms with Gasteiger partial charge in [-0.05, 0) is 42.8 Å². The molecule has 0 unspecified atom stereocenters. The van der Waals surface area contributed by atoms with Gasteiger partial charge in [0.1, 0.15) is 5.75 Å². The van der Waals surface area contributed by atoms with Crippen LogP contribution in [-0.4, -0.2) is 41.6 Å². The summed E-state index contributed by atoms with van der Waals surface area (Å²) in [6, 6.07) is 12.4. The van der Waals surface area contributed by atoms with Gasteiger partial charge in [0, 0.05) is 6.07 Å². The SMILES string of the molecule is CCOc1cc(/C=C2/SC(=S)N(c3cccc(OC)c3)C2=O)ccc1OCCC(=O)O. The molecule has 0 spiro atoms. The number of aliphatic carboxylic acids is 1. The van der Waals surface area contributed by atoms with Crippen LogP contribution in [0.4, 0.5) is 5.69 Å². The Morgan fingerprint density at radius 1 is 1.19 bits per heavy atom. The van der Waals surface area contributed by atoms with Gasteiger partial charge in [0.15, 0.2) is 15.8 Å². The topological polar surface area (TPSA) is 85.3 Å². The largest absolute Gasteiger partial charge is 0.497 e. The Morgan fingerprint density at radius 3 is 2.71 bits per heavy atom. The molecule has 0 saturated carbocycles. The number of carboxylic acids is 1. The molecule has 1 N–H and O–H groups in total. The maximum Gasteiger partial charge on any atom is 0.306 e. The average Bonchev–Trinajstić information content (AvgIpc) is 3.02. The number of thioether (sulfide) groups is 1. The second kappa shape index (κ2) is 10.3. The highest BCUT2D eigenvalue weighted by atomic mass is 32.2. The van der Waals surface area contributed by atoms with E-state index in [2.05, 4.69) is 0 Å². The van der Waals surface area contributed by atoms with Crippen molar-refractivity contribution in [3.8, 4) is 17.2 Å². The molecule has 2 aromatic carbocycles. The third-order valence-electron chi connectivity index (χ3n) is 4.24. The van der Waals surface area contributed by atoms with Crippen molar-refractivity contribution >= 4 is 51.9 Å². The van der Waals surface area contributed by atoms with Crippen molar-refractivity contribution in [1.82, 2.24) is 0 Å². The molecule has 7 nitrogen and oxygen atoms in total. The fourth-order valence-corrected chi connectivity index (χ4v) is 4.14. The zero-order chi connectivity index (χ0) is 22.4. The number of nitrogens with zero attached hydrogens (tertiary/aromatic N) is 1. The third-order valence-corrected chi connectivity index (χ3v) is 5.55. The molecule has 2 aromatic rings. The highest BCUT2D eigenvalue weighted by molar-refractivity contribution is 8.27. The molecular weight excluding hydrogens is 438 g/mol. The molecule has 1 heterocycles. The summed E-state index contributed by atoms with van der Waals surface area (Å²) in [5.74, 6) is 0.403. The summed E-state index contributed by atoms with van der Waals surface area (Å²) in [7, 11) is 1.56.